The van der Waals surface area contributed by atoms with Crippen molar-refractivity contribution >= 4 is 39.3 Å². The van der Waals surface area contributed by atoms with Crippen LogP contribution in [0.25, 0.3) is 0 Å². The summed E-state index contributed by atoms with van der Waals surface area (Å²) in [4.78, 5) is 24.0. The number of rotatable bonds is 6. The summed E-state index contributed by atoms with van der Waals surface area (Å²) in [6, 6.07) is 11.9. The van der Waals surface area contributed by atoms with Gasteiger partial charge in [-0.25, -0.2) is 4.79 Å². The molecule has 6 heteroatoms. The van der Waals surface area contributed by atoms with Crippen LogP contribution in [0.2, 0.25) is 5.02 Å². The predicted octanol–water partition coefficient (Wildman–Crippen LogP) is 4.60. The highest BCUT2D eigenvalue weighted by Gasteiger charge is 2.19. The molecule has 0 spiro atoms. The van der Waals surface area contributed by atoms with E-state index in [2.05, 4.69) is 15.9 Å². The van der Waals surface area contributed by atoms with Gasteiger partial charge in [0.05, 0.1) is 0 Å². The van der Waals surface area contributed by atoms with Gasteiger partial charge in [0.15, 0.2) is 12.7 Å². The molecule has 1 atom stereocenters. The maximum Gasteiger partial charge on any atom is 0.344 e. The van der Waals surface area contributed by atoms with Crippen molar-refractivity contribution in [3.63, 3.8) is 0 Å². The van der Waals surface area contributed by atoms with Crippen LogP contribution in [0.15, 0.2) is 46.9 Å². The van der Waals surface area contributed by atoms with Gasteiger partial charge in [0, 0.05) is 15.1 Å². The van der Waals surface area contributed by atoms with Gasteiger partial charge < -0.3 is 9.47 Å². The van der Waals surface area contributed by atoms with Gasteiger partial charge in [0.1, 0.15) is 5.75 Å². The van der Waals surface area contributed by atoms with Crippen LogP contribution in [-0.4, -0.2) is 24.5 Å². The van der Waals surface area contributed by atoms with Crippen LogP contribution >= 0.6 is 27.5 Å². The third-order valence-electron chi connectivity index (χ3n) is 3.29. The first kappa shape index (κ1) is 18.5. The lowest BCUT2D eigenvalue weighted by atomic mass is 10.1. The molecular formula is C18H16BrClO4. The first-order chi connectivity index (χ1) is 11.4. The Kier molecular flexibility index (Phi) is 6.40. The summed E-state index contributed by atoms with van der Waals surface area (Å²) >= 11 is 9.23. The molecule has 0 saturated carbocycles. The molecule has 24 heavy (non-hydrogen) atoms. The quantitative estimate of drug-likeness (QED) is 0.515. The van der Waals surface area contributed by atoms with Crippen LogP contribution in [0, 0.1) is 6.92 Å². The first-order valence-corrected chi connectivity index (χ1v) is 8.42. The topological polar surface area (TPSA) is 52.6 Å². The summed E-state index contributed by atoms with van der Waals surface area (Å²) < 4.78 is 11.3. The summed E-state index contributed by atoms with van der Waals surface area (Å²) in [5, 5.41) is 0.624. The van der Waals surface area contributed by atoms with E-state index in [4.69, 9.17) is 21.1 Å². The Bertz CT molecular complexity index is 743. The van der Waals surface area contributed by atoms with Gasteiger partial charge in [-0.1, -0.05) is 39.7 Å². The minimum Gasteiger partial charge on any atom is -0.482 e. The molecule has 0 heterocycles. The number of benzene rings is 2. The summed E-state index contributed by atoms with van der Waals surface area (Å²) in [6.07, 6.45) is -0.880. The zero-order valence-electron chi connectivity index (χ0n) is 13.2. The Balaban J connectivity index is 1.88. The van der Waals surface area contributed by atoms with E-state index >= 15 is 0 Å². The lowest BCUT2D eigenvalue weighted by Gasteiger charge is -2.13. The van der Waals surface area contributed by atoms with E-state index in [1.807, 2.05) is 6.92 Å². The van der Waals surface area contributed by atoms with Crippen LogP contribution in [0.1, 0.15) is 22.8 Å². The van der Waals surface area contributed by atoms with Crippen LogP contribution < -0.4 is 4.74 Å². The summed E-state index contributed by atoms with van der Waals surface area (Å²) in [5.74, 6) is -0.362. The van der Waals surface area contributed by atoms with Gasteiger partial charge in [0.2, 0.25) is 5.78 Å². The summed E-state index contributed by atoms with van der Waals surface area (Å²) in [6.45, 7) is 3.10. The molecule has 0 radical (unpaired) electrons. The van der Waals surface area contributed by atoms with Crippen molar-refractivity contribution in [2.24, 2.45) is 0 Å². The highest BCUT2D eigenvalue weighted by Crippen LogP contribution is 2.21. The zero-order valence-corrected chi connectivity index (χ0v) is 15.6. The Morgan fingerprint density at radius 3 is 2.46 bits per heavy atom. The third kappa shape index (κ3) is 5.08. The lowest BCUT2D eigenvalue weighted by Crippen LogP contribution is -2.27. The molecule has 0 bridgehead atoms. The molecule has 0 aliphatic carbocycles. The molecule has 0 unspecified atom stereocenters. The molecule has 2 aromatic rings. The molecule has 126 valence electrons. The third-order valence-corrected chi connectivity index (χ3v) is 4.25. The van der Waals surface area contributed by atoms with E-state index in [9.17, 15) is 9.59 Å². The van der Waals surface area contributed by atoms with E-state index < -0.39 is 12.1 Å². The molecule has 2 rings (SSSR count). The molecule has 0 aromatic heterocycles. The van der Waals surface area contributed by atoms with Crippen molar-refractivity contribution in [3.05, 3.63) is 63.1 Å². The van der Waals surface area contributed by atoms with Crippen molar-refractivity contribution in [2.45, 2.75) is 20.0 Å². The minimum atomic E-state index is -0.880. The number of carbonyl (C=O) groups is 2. The number of hydrogen-bond acceptors (Lipinski definition) is 4. The Morgan fingerprint density at radius 1 is 1.17 bits per heavy atom. The molecule has 0 saturated heterocycles. The maximum absolute atomic E-state index is 12.2. The van der Waals surface area contributed by atoms with Gasteiger partial charge in [-0.15, -0.1) is 0 Å². The highest BCUT2D eigenvalue weighted by atomic mass is 79.9. The van der Waals surface area contributed by atoms with Crippen LogP contribution in [-0.2, 0) is 9.53 Å². The van der Waals surface area contributed by atoms with Crippen LogP contribution in [0.5, 0.6) is 5.75 Å². The SMILES string of the molecule is Cc1cc(OCC(=O)O[C@H](C)C(=O)c2ccc(Br)cc2)ccc1Cl. The van der Waals surface area contributed by atoms with Gasteiger partial charge in [-0.05, 0) is 49.7 Å². The minimum absolute atomic E-state index is 0.266. The maximum atomic E-state index is 12.2. The van der Waals surface area contributed by atoms with Crippen molar-refractivity contribution in [3.8, 4) is 5.75 Å². The standard InChI is InChI=1S/C18H16BrClO4/c1-11-9-15(7-8-16(11)20)23-10-17(21)24-12(2)18(22)13-3-5-14(19)6-4-13/h3-9,12H,10H2,1-2H3/t12-/m1/s1. The Labute approximate surface area is 153 Å². The molecule has 0 amide bonds. The van der Waals surface area contributed by atoms with E-state index in [0.29, 0.717) is 16.3 Å². The Hall–Kier alpha value is -1.85. The number of ether oxygens (including phenoxy) is 2. The normalized spacial score (nSPS) is 11.7. The second kappa shape index (κ2) is 8.31. The number of halogens is 2. The highest BCUT2D eigenvalue weighted by molar-refractivity contribution is 9.10. The molecule has 4 nitrogen and oxygen atoms in total. The van der Waals surface area contributed by atoms with E-state index in [0.717, 1.165) is 10.0 Å². The zero-order chi connectivity index (χ0) is 17.7. The van der Waals surface area contributed by atoms with Crippen LogP contribution in [0.4, 0.5) is 0 Å². The fourth-order valence-corrected chi connectivity index (χ4v) is 2.36. The van der Waals surface area contributed by atoms with Gasteiger partial charge in [-0.2, -0.15) is 0 Å². The van der Waals surface area contributed by atoms with E-state index in [1.54, 1.807) is 42.5 Å². The number of esters is 1. The average Bonchev–Trinajstić information content (AvgIpc) is 2.56. The van der Waals surface area contributed by atoms with Crippen LogP contribution in [0.3, 0.4) is 0 Å². The second-order valence-electron chi connectivity index (χ2n) is 5.20. The van der Waals surface area contributed by atoms with E-state index in [-0.39, 0.29) is 12.4 Å². The summed E-state index contributed by atoms with van der Waals surface area (Å²) in [7, 11) is 0. The fraction of sp³-hybridized carbons (Fsp3) is 0.222. The lowest BCUT2D eigenvalue weighted by molar-refractivity contribution is -0.148. The smallest absolute Gasteiger partial charge is 0.344 e. The van der Waals surface area contributed by atoms with E-state index in [1.165, 1.54) is 6.92 Å². The largest absolute Gasteiger partial charge is 0.482 e. The number of ketones is 1. The van der Waals surface area contributed by atoms with Crippen molar-refractivity contribution in [2.75, 3.05) is 6.61 Å². The predicted molar refractivity (Wildman–Crippen MR) is 95.7 cm³/mol. The van der Waals surface area contributed by atoms with Crippen molar-refractivity contribution in [1.82, 2.24) is 0 Å². The molecule has 2 aromatic carbocycles. The van der Waals surface area contributed by atoms with Gasteiger partial charge >= 0.3 is 5.97 Å². The number of carbonyl (C=O) groups excluding carboxylic acids is 2. The molecule has 0 aliphatic rings. The molecular weight excluding hydrogens is 396 g/mol. The average molecular weight is 412 g/mol. The van der Waals surface area contributed by atoms with Gasteiger partial charge in [0.25, 0.3) is 0 Å². The first-order valence-electron chi connectivity index (χ1n) is 7.25. The molecule has 0 fully saturated rings. The van der Waals surface area contributed by atoms with Crippen molar-refractivity contribution < 1.29 is 19.1 Å². The fourth-order valence-electron chi connectivity index (χ4n) is 1.98. The van der Waals surface area contributed by atoms with Crippen molar-refractivity contribution in [1.29, 1.82) is 0 Å². The second-order valence-corrected chi connectivity index (χ2v) is 6.53. The molecule has 0 N–H and O–H groups in total. The number of hydrogen-bond donors (Lipinski definition) is 0. The number of aryl methyl sites for hydroxylation is 1. The Morgan fingerprint density at radius 2 is 1.83 bits per heavy atom. The molecule has 0 aliphatic heterocycles. The summed E-state index contributed by atoms with van der Waals surface area (Å²) in [5.41, 5.74) is 1.33. The monoisotopic (exact) mass is 410 g/mol. The number of Topliss-reactive ketones (excluding diaryl/α,β-unsaturated/α-hetero) is 1. The van der Waals surface area contributed by atoms with Gasteiger partial charge in [-0.3, -0.25) is 4.79 Å².